The highest BCUT2D eigenvalue weighted by molar-refractivity contribution is 6.42. The van der Waals surface area contributed by atoms with Gasteiger partial charge in [0.2, 0.25) is 0 Å². The molecule has 1 aliphatic rings. The van der Waals surface area contributed by atoms with Crippen LogP contribution in [0, 0.1) is 5.82 Å². The van der Waals surface area contributed by atoms with Crippen LogP contribution in [0.1, 0.15) is 11.1 Å². The van der Waals surface area contributed by atoms with Gasteiger partial charge in [0, 0.05) is 5.56 Å². The van der Waals surface area contributed by atoms with Gasteiger partial charge >= 0.3 is 6.03 Å². The number of carbonyl (C=O) groups excluding carboxylic acids is 3. The molecular formula is C28H18ClFN2O4. The SMILES string of the molecule is O=C1NC(=O)N(c2ccccc2Cl)C(=O)/C1=C/c1c(OCc2cccc(F)c2)ccc2ccccc12. The molecule has 4 amide bonds. The molecule has 1 aliphatic heterocycles. The Hall–Kier alpha value is -4.49. The van der Waals surface area contributed by atoms with E-state index in [2.05, 4.69) is 5.32 Å². The number of halogens is 2. The Morgan fingerprint density at radius 3 is 2.50 bits per heavy atom. The number of ether oxygens (including phenoxy) is 1. The number of benzene rings is 4. The molecule has 0 saturated carbocycles. The molecule has 0 aromatic heterocycles. The summed E-state index contributed by atoms with van der Waals surface area (Å²) in [6, 6.07) is 22.4. The Morgan fingerprint density at radius 2 is 1.69 bits per heavy atom. The fourth-order valence-electron chi connectivity index (χ4n) is 3.99. The maximum atomic E-state index is 13.6. The van der Waals surface area contributed by atoms with Gasteiger partial charge in [-0.1, -0.05) is 66.2 Å². The standard InChI is InChI=1S/C28H18ClFN2O4/c29-23-10-3-4-11-24(23)32-27(34)22(26(33)31-28(32)35)15-21-20-9-2-1-7-18(20)12-13-25(21)36-16-17-6-5-8-19(30)14-17/h1-15H,16H2,(H,31,33,35)/b22-15+. The number of imide groups is 2. The number of hydrogen-bond donors (Lipinski definition) is 1. The highest BCUT2D eigenvalue weighted by atomic mass is 35.5. The first kappa shape index (κ1) is 23.3. The van der Waals surface area contributed by atoms with Crippen LogP contribution in [0.25, 0.3) is 16.8 Å². The van der Waals surface area contributed by atoms with E-state index in [0.717, 1.165) is 15.7 Å². The smallest absolute Gasteiger partial charge is 0.335 e. The lowest BCUT2D eigenvalue weighted by Crippen LogP contribution is -2.54. The summed E-state index contributed by atoms with van der Waals surface area (Å²) >= 11 is 6.22. The minimum absolute atomic E-state index is 0.0661. The van der Waals surface area contributed by atoms with Crippen LogP contribution in [0.5, 0.6) is 5.75 Å². The molecule has 0 spiro atoms. The number of amides is 4. The number of hydrogen-bond acceptors (Lipinski definition) is 4. The Bertz CT molecular complexity index is 1570. The van der Waals surface area contributed by atoms with Crippen molar-refractivity contribution >= 4 is 52.0 Å². The third-order valence-corrected chi connectivity index (χ3v) is 6.02. The maximum Gasteiger partial charge on any atom is 0.335 e. The Labute approximate surface area is 210 Å². The quantitative estimate of drug-likeness (QED) is 0.274. The largest absolute Gasteiger partial charge is 0.488 e. The summed E-state index contributed by atoms with van der Waals surface area (Å²) in [5.74, 6) is -1.66. The molecule has 6 nitrogen and oxygen atoms in total. The van der Waals surface area contributed by atoms with Crippen molar-refractivity contribution in [2.24, 2.45) is 0 Å². The number of nitrogens with zero attached hydrogens (tertiary/aromatic N) is 1. The van der Waals surface area contributed by atoms with Crippen molar-refractivity contribution < 1.29 is 23.5 Å². The molecule has 4 aromatic rings. The first-order chi connectivity index (χ1) is 17.4. The summed E-state index contributed by atoms with van der Waals surface area (Å²) in [6.45, 7) is 0.0661. The van der Waals surface area contributed by atoms with E-state index < -0.39 is 17.8 Å². The third-order valence-electron chi connectivity index (χ3n) is 5.70. The van der Waals surface area contributed by atoms with Gasteiger partial charge < -0.3 is 4.74 Å². The molecule has 178 valence electrons. The van der Waals surface area contributed by atoms with E-state index in [1.165, 1.54) is 24.3 Å². The number of fused-ring (bicyclic) bond motifs is 1. The average molecular weight is 501 g/mol. The summed E-state index contributed by atoms with van der Waals surface area (Å²) in [5, 5.41) is 3.96. The molecule has 0 aliphatic carbocycles. The van der Waals surface area contributed by atoms with Gasteiger partial charge in [0.25, 0.3) is 11.8 Å². The summed E-state index contributed by atoms with van der Waals surface area (Å²) in [4.78, 5) is 39.6. The molecular weight excluding hydrogens is 483 g/mol. The molecule has 5 rings (SSSR count). The number of nitrogens with one attached hydrogen (secondary N) is 1. The van der Waals surface area contributed by atoms with E-state index in [-0.39, 0.29) is 28.7 Å². The second kappa shape index (κ2) is 9.64. The first-order valence-electron chi connectivity index (χ1n) is 11.0. The summed E-state index contributed by atoms with van der Waals surface area (Å²) in [5.41, 5.74) is 0.974. The van der Waals surface area contributed by atoms with Crippen LogP contribution in [0.15, 0.2) is 90.5 Å². The number of anilines is 1. The zero-order valence-corrected chi connectivity index (χ0v) is 19.5. The second-order valence-electron chi connectivity index (χ2n) is 8.03. The number of rotatable bonds is 5. The van der Waals surface area contributed by atoms with Crippen LogP contribution < -0.4 is 15.0 Å². The highest BCUT2D eigenvalue weighted by Gasteiger charge is 2.38. The lowest BCUT2D eigenvalue weighted by Gasteiger charge is -2.27. The molecule has 36 heavy (non-hydrogen) atoms. The van der Waals surface area contributed by atoms with E-state index in [9.17, 15) is 18.8 Å². The fraction of sp³-hybridized carbons (Fsp3) is 0.0357. The van der Waals surface area contributed by atoms with E-state index in [1.807, 2.05) is 30.3 Å². The van der Waals surface area contributed by atoms with Crippen molar-refractivity contribution in [1.82, 2.24) is 5.32 Å². The molecule has 1 heterocycles. The number of para-hydroxylation sites is 1. The molecule has 0 radical (unpaired) electrons. The van der Waals surface area contributed by atoms with Crippen molar-refractivity contribution in [2.75, 3.05) is 4.90 Å². The predicted octanol–water partition coefficient (Wildman–Crippen LogP) is 5.88. The predicted molar refractivity (Wildman–Crippen MR) is 135 cm³/mol. The zero-order valence-electron chi connectivity index (χ0n) is 18.7. The summed E-state index contributed by atoms with van der Waals surface area (Å²) in [7, 11) is 0. The van der Waals surface area contributed by atoms with E-state index in [0.29, 0.717) is 16.9 Å². The molecule has 0 atom stereocenters. The molecule has 1 saturated heterocycles. The molecule has 1 N–H and O–H groups in total. The van der Waals surface area contributed by atoms with Crippen LogP contribution in [-0.4, -0.2) is 17.8 Å². The Balaban J connectivity index is 1.59. The maximum absolute atomic E-state index is 13.6. The second-order valence-corrected chi connectivity index (χ2v) is 8.43. The lowest BCUT2D eigenvalue weighted by molar-refractivity contribution is -0.122. The van der Waals surface area contributed by atoms with Crippen molar-refractivity contribution in [1.29, 1.82) is 0 Å². The molecule has 4 aromatic carbocycles. The molecule has 8 heteroatoms. The minimum Gasteiger partial charge on any atom is -0.488 e. The Morgan fingerprint density at radius 1 is 0.917 bits per heavy atom. The van der Waals surface area contributed by atoms with Crippen LogP contribution in [-0.2, 0) is 16.2 Å². The summed E-state index contributed by atoms with van der Waals surface area (Å²) in [6.07, 6.45) is 1.40. The van der Waals surface area contributed by atoms with E-state index in [4.69, 9.17) is 16.3 Å². The Kier molecular flexibility index (Phi) is 6.23. The van der Waals surface area contributed by atoms with Gasteiger partial charge in [0.05, 0.1) is 10.7 Å². The normalized spacial score (nSPS) is 14.9. The first-order valence-corrected chi connectivity index (χ1v) is 11.3. The number of urea groups is 1. The molecule has 0 bridgehead atoms. The van der Waals surface area contributed by atoms with Crippen LogP contribution in [0.2, 0.25) is 5.02 Å². The van der Waals surface area contributed by atoms with Crippen molar-refractivity contribution in [3.05, 3.63) is 112 Å². The molecule has 1 fully saturated rings. The van der Waals surface area contributed by atoms with Crippen LogP contribution in [0.4, 0.5) is 14.9 Å². The van der Waals surface area contributed by atoms with E-state index in [1.54, 1.807) is 36.4 Å². The van der Waals surface area contributed by atoms with Gasteiger partial charge in [0.15, 0.2) is 0 Å². The van der Waals surface area contributed by atoms with Gasteiger partial charge in [-0.3, -0.25) is 14.9 Å². The fourth-order valence-corrected chi connectivity index (χ4v) is 4.21. The van der Waals surface area contributed by atoms with E-state index >= 15 is 0 Å². The van der Waals surface area contributed by atoms with Gasteiger partial charge in [0.1, 0.15) is 23.7 Å². The zero-order chi connectivity index (χ0) is 25.2. The topological polar surface area (TPSA) is 75.7 Å². The van der Waals surface area contributed by atoms with Crippen LogP contribution >= 0.6 is 11.6 Å². The van der Waals surface area contributed by atoms with Gasteiger partial charge in [-0.2, -0.15) is 0 Å². The van der Waals surface area contributed by atoms with Crippen LogP contribution in [0.3, 0.4) is 0 Å². The van der Waals surface area contributed by atoms with Gasteiger partial charge in [-0.25, -0.2) is 14.1 Å². The molecule has 0 unspecified atom stereocenters. The summed E-state index contributed by atoms with van der Waals surface area (Å²) < 4.78 is 19.6. The lowest BCUT2D eigenvalue weighted by atomic mass is 9.99. The highest BCUT2D eigenvalue weighted by Crippen LogP contribution is 2.33. The van der Waals surface area contributed by atoms with Gasteiger partial charge in [-0.05, 0) is 52.7 Å². The van der Waals surface area contributed by atoms with Crippen molar-refractivity contribution in [3.63, 3.8) is 0 Å². The average Bonchev–Trinajstić information content (AvgIpc) is 2.86. The number of barbiturate groups is 1. The van der Waals surface area contributed by atoms with Crippen molar-refractivity contribution in [2.45, 2.75) is 6.61 Å². The monoisotopic (exact) mass is 500 g/mol. The van der Waals surface area contributed by atoms with Gasteiger partial charge in [-0.15, -0.1) is 0 Å². The van der Waals surface area contributed by atoms with Crippen molar-refractivity contribution in [3.8, 4) is 5.75 Å². The third kappa shape index (κ3) is 4.44. The number of carbonyl (C=O) groups is 3. The minimum atomic E-state index is -0.893.